The standard InChI is InChI=1S/C16H29BrN4/c1-6-7-21(9-8-20(4)5)16-14(11-18-13(2)3)10-15(17)12-19-16/h10,12-13,18H,6-9,11H2,1-5H3. The average Bonchev–Trinajstić information content (AvgIpc) is 2.41. The summed E-state index contributed by atoms with van der Waals surface area (Å²) in [7, 11) is 4.22. The van der Waals surface area contributed by atoms with E-state index in [1.54, 1.807) is 0 Å². The molecule has 1 aromatic heterocycles. The molecule has 0 radical (unpaired) electrons. The molecule has 0 saturated heterocycles. The molecule has 0 fully saturated rings. The number of aromatic nitrogens is 1. The molecule has 1 heterocycles. The molecule has 5 heteroatoms. The minimum atomic E-state index is 0.471. The van der Waals surface area contributed by atoms with Gasteiger partial charge < -0.3 is 15.1 Å². The van der Waals surface area contributed by atoms with E-state index in [0.29, 0.717) is 6.04 Å². The molecule has 0 atom stereocenters. The van der Waals surface area contributed by atoms with Crippen molar-refractivity contribution in [2.75, 3.05) is 38.6 Å². The second-order valence-electron chi connectivity index (χ2n) is 5.96. The zero-order chi connectivity index (χ0) is 15.8. The lowest BCUT2D eigenvalue weighted by atomic mass is 10.2. The number of likely N-dealkylation sites (N-methyl/N-ethyl adjacent to an activating group) is 1. The predicted octanol–water partition coefficient (Wildman–Crippen LogP) is 3.12. The first-order valence-corrected chi connectivity index (χ1v) is 8.50. The number of rotatable bonds is 9. The van der Waals surface area contributed by atoms with E-state index >= 15 is 0 Å². The van der Waals surface area contributed by atoms with Crippen LogP contribution < -0.4 is 10.2 Å². The van der Waals surface area contributed by atoms with Crippen molar-refractivity contribution in [1.82, 2.24) is 15.2 Å². The zero-order valence-electron chi connectivity index (χ0n) is 14.0. The normalized spacial score (nSPS) is 11.4. The third-order valence-corrected chi connectivity index (χ3v) is 3.65. The van der Waals surface area contributed by atoms with Crippen molar-refractivity contribution < 1.29 is 0 Å². The van der Waals surface area contributed by atoms with Crippen LogP contribution in [0, 0.1) is 0 Å². The maximum absolute atomic E-state index is 4.67. The summed E-state index contributed by atoms with van der Waals surface area (Å²) in [6.45, 7) is 10.5. The van der Waals surface area contributed by atoms with Crippen LogP contribution in [0.25, 0.3) is 0 Å². The summed E-state index contributed by atoms with van der Waals surface area (Å²) < 4.78 is 1.04. The molecule has 0 aliphatic carbocycles. The van der Waals surface area contributed by atoms with Crippen LogP contribution in [-0.4, -0.2) is 49.7 Å². The molecule has 120 valence electrons. The molecule has 0 aromatic carbocycles. The fourth-order valence-electron chi connectivity index (χ4n) is 2.12. The first kappa shape index (κ1) is 18.4. The fourth-order valence-corrected chi connectivity index (χ4v) is 2.50. The Balaban J connectivity index is 2.93. The number of hydrogen-bond donors (Lipinski definition) is 1. The van der Waals surface area contributed by atoms with Gasteiger partial charge in [-0.05, 0) is 42.5 Å². The van der Waals surface area contributed by atoms with Gasteiger partial charge in [-0.2, -0.15) is 0 Å². The second kappa shape index (κ2) is 9.38. The van der Waals surface area contributed by atoms with Crippen LogP contribution in [0.1, 0.15) is 32.8 Å². The molecule has 0 unspecified atom stereocenters. The van der Waals surface area contributed by atoms with Gasteiger partial charge in [0.05, 0.1) is 0 Å². The molecule has 0 amide bonds. The molecule has 1 N–H and O–H groups in total. The molecule has 21 heavy (non-hydrogen) atoms. The Morgan fingerprint density at radius 2 is 1.95 bits per heavy atom. The van der Waals surface area contributed by atoms with Crippen molar-refractivity contribution in [1.29, 1.82) is 0 Å². The van der Waals surface area contributed by atoms with Crippen molar-refractivity contribution in [3.05, 3.63) is 22.3 Å². The van der Waals surface area contributed by atoms with Gasteiger partial charge in [0.15, 0.2) is 0 Å². The summed E-state index contributed by atoms with van der Waals surface area (Å²) in [6.07, 6.45) is 3.02. The van der Waals surface area contributed by atoms with E-state index in [-0.39, 0.29) is 0 Å². The lowest BCUT2D eigenvalue weighted by molar-refractivity contribution is 0.412. The van der Waals surface area contributed by atoms with Crippen LogP contribution in [-0.2, 0) is 6.54 Å². The topological polar surface area (TPSA) is 31.4 Å². The van der Waals surface area contributed by atoms with E-state index < -0.39 is 0 Å². The minimum absolute atomic E-state index is 0.471. The van der Waals surface area contributed by atoms with Gasteiger partial charge in [-0.3, -0.25) is 0 Å². The Labute approximate surface area is 138 Å². The summed E-state index contributed by atoms with van der Waals surface area (Å²) in [6, 6.07) is 2.65. The van der Waals surface area contributed by atoms with Crippen LogP contribution in [0.15, 0.2) is 16.7 Å². The number of halogens is 1. The quantitative estimate of drug-likeness (QED) is 0.736. The van der Waals surface area contributed by atoms with Gasteiger partial charge in [-0.1, -0.05) is 20.8 Å². The highest BCUT2D eigenvalue weighted by Gasteiger charge is 2.13. The third-order valence-electron chi connectivity index (χ3n) is 3.22. The predicted molar refractivity (Wildman–Crippen MR) is 95.0 cm³/mol. The van der Waals surface area contributed by atoms with E-state index in [1.165, 1.54) is 5.56 Å². The maximum Gasteiger partial charge on any atom is 0.133 e. The summed E-state index contributed by atoms with van der Waals surface area (Å²) in [5.74, 6) is 1.11. The van der Waals surface area contributed by atoms with Gasteiger partial charge in [0, 0.05) is 48.5 Å². The molecule has 0 spiro atoms. The summed E-state index contributed by atoms with van der Waals surface area (Å²) in [5.41, 5.74) is 1.25. The largest absolute Gasteiger partial charge is 0.355 e. The first-order chi connectivity index (χ1) is 9.93. The summed E-state index contributed by atoms with van der Waals surface area (Å²) >= 11 is 3.54. The molecule has 1 aromatic rings. The van der Waals surface area contributed by atoms with Crippen molar-refractivity contribution in [2.24, 2.45) is 0 Å². The number of nitrogens with zero attached hydrogens (tertiary/aromatic N) is 3. The van der Waals surface area contributed by atoms with Crippen LogP contribution >= 0.6 is 15.9 Å². The summed E-state index contributed by atoms with van der Waals surface area (Å²) in [4.78, 5) is 9.28. The van der Waals surface area contributed by atoms with E-state index in [4.69, 9.17) is 0 Å². The van der Waals surface area contributed by atoms with Gasteiger partial charge >= 0.3 is 0 Å². The van der Waals surface area contributed by atoms with Crippen LogP contribution in [0.2, 0.25) is 0 Å². The van der Waals surface area contributed by atoms with E-state index in [0.717, 1.165) is 42.9 Å². The highest BCUT2D eigenvalue weighted by atomic mass is 79.9. The van der Waals surface area contributed by atoms with Crippen LogP contribution in [0.4, 0.5) is 5.82 Å². The molecule has 0 aliphatic heterocycles. The Morgan fingerprint density at radius 1 is 1.24 bits per heavy atom. The maximum atomic E-state index is 4.67. The second-order valence-corrected chi connectivity index (χ2v) is 6.88. The summed E-state index contributed by atoms with van der Waals surface area (Å²) in [5, 5.41) is 3.49. The molecular weight excluding hydrogens is 328 g/mol. The van der Waals surface area contributed by atoms with Crippen LogP contribution in [0.5, 0.6) is 0 Å². The number of pyridine rings is 1. The van der Waals surface area contributed by atoms with E-state index in [9.17, 15) is 0 Å². The first-order valence-electron chi connectivity index (χ1n) is 7.71. The lowest BCUT2D eigenvalue weighted by Crippen LogP contribution is -2.34. The Hall–Kier alpha value is -0.650. The smallest absolute Gasteiger partial charge is 0.133 e. The van der Waals surface area contributed by atoms with E-state index in [2.05, 4.69) is 77.0 Å². The highest BCUT2D eigenvalue weighted by Crippen LogP contribution is 2.22. The minimum Gasteiger partial charge on any atom is -0.355 e. The Kier molecular flexibility index (Phi) is 8.22. The average molecular weight is 357 g/mol. The van der Waals surface area contributed by atoms with Gasteiger partial charge in [-0.15, -0.1) is 0 Å². The number of nitrogens with one attached hydrogen (secondary N) is 1. The highest BCUT2D eigenvalue weighted by molar-refractivity contribution is 9.10. The van der Waals surface area contributed by atoms with Crippen LogP contribution in [0.3, 0.4) is 0 Å². The van der Waals surface area contributed by atoms with E-state index in [1.807, 2.05) is 6.20 Å². The monoisotopic (exact) mass is 356 g/mol. The molecule has 0 saturated carbocycles. The van der Waals surface area contributed by atoms with Crippen molar-refractivity contribution in [3.8, 4) is 0 Å². The Morgan fingerprint density at radius 3 is 2.52 bits per heavy atom. The Bertz CT molecular complexity index is 421. The van der Waals surface area contributed by atoms with Crippen molar-refractivity contribution in [2.45, 2.75) is 39.8 Å². The van der Waals surface area contributed by atoms with Gasteiger partial charge in [0.1, 0.15) is 5.82 Å². The number of anilines is 1. The third kappa shape index (κ3) is 6.76. The van der Waals surface area contributed by atoms with Crippen molar-refractivity contribution in [3.63, 3.8) is 0 Å². The van der Waals surface area contributed by atoms with Gasteiger partial charge in [-0.25, -0.2) is 4.98 Å². The van der Waals surface area contributed by atoms with Crippen molar-refractivity contribution >= 4 is 21.7 Å². The lowest BCUT2D eigenvalue weighted by Gasteiger charge is -2.27. The molecule has 0 bridgehead atoms. The SMILES string of the molecule is CCCN(CCN(C)C)c1ncc(Br)cc1CNC(C)C. The van der Waals surface area contributed by atoms with Gasteiger partial charge in [0.25, 0.3) is 0 Å². The molecule has 4 nitrogen and oxygen atoms in total. The molecule has 0 aliphatic rings. The molecular formula is C16H29BrN4. The van der Waals surface area contributed by atoms with Gasteiger partial charge in [0.2, 0.25) is 0 Å². The molecule has 1 rings (SSSR count). The number of hydrogen-bond acceptors (Lipinski definition) is 4. The fraction of sp³-hybridized carbons (Fsp3) is 0.688. The zero-order valence-corrected chi connectivity index (χ0v) is 15.6.